The lowest BCUT2D eigenvalue weighted by molar-refractivity contribution is -0.120. The SMILES string of the molecule is CC1SC(C)(C)NC1=O. The van der Waals surface area contributed by atoms with Gasteiger partial charge in [0.15, 0.2) is 0 Å². The van der Waals surface area contributed by atoms with Gasteiger partial charge in [0.05, 0.1) is 10.1 Å². The van der Waals surface area contributed by atoms with Crippen LogP contribution in [0, 0.1) is 0 Å². The fourth-order valence-corrected chi connectivity index (χ4v) is 2.13. The largest absolute Gasteiger partial charge is 0.341 e. The smallest absolute Gasteiger partial charge is 0.233 e. The van der Waals surface area contributed by atoms with Gasteiger partial charge in [0.2, 0.25) is 5.91 Å². The molecule has 0 aromatic carbocycles. The summed E-state index contributed by atoms with van der Waals surface area (Å²) in [7, 11) is 0. The molecule has 52 valence electrons. The van der Waals surface area contributed by atoms with Crippen LogP contribution < -0.4 is 5.32 Å². The summed E-state index contributed by atoms with van der Waals surface area (Å²) < 4.78 is 0. The van der Waals surface area contributed by atoms with E-state index in [0.717, 1.165) is 0 Å². The first-order valence-corrected chi connectivity index (χ1v) is 3.89. The summed E-state index contributed by atoms with van der Waals surface area (Å²) in [6, 6.07) is 0. The summed E-state index contributed by atoms with van der Waals surface area (Å²) >= 11 is 1.67. The van der Waals surface area contributed by atoms with Crippen LogP contribution in [0.2, 0.25) is 0 Å². The maximum atomic E-state index is 10.9. The zero-order valence-electron chi connectivity index (χ0n) is 5.89. The zero-order chi connectivity index (χ0) is 7.07. The molecule has 0 aromatic rings. The van der Waals surface area contributed by atoms with E-state index in [2.05, 4.69) is 5.32 Å². The van der Waals surface area contributed by atoms with E-state index in [1.807, 2.05) is 20.8 Å². The monoisotopic (exact) mass is 145 g/mol. The van der Waals surface area contributed by atoms with Crippen LogP contribution in [0.15, 0.2) is 0 Å². The standard InChI is InChI=1S/C6H11NOS/c1-4-5(8)7-6(2,3)9-4/h4H,1-3H3,(H,7,8). The quantitative estimate of drug-likeness (QED) is 0.550. The van der Waals surface area contributed by atoms with Gasteiger partial charge in [-0.25, -0.2) is 0 Å². The molecule has 0 saturated carbocycles. The van der Waals surface area contributed by atoms with Gasteiger partial charge in [-0.2, -0.15) is 0 Å². The minimum atomic E-state index is -0.0451. The molecule has 1 N–H and O–H groups in total. The van der Waals surface area contributed by atoms with E-state index < -0.39 is 0 Å². The number of thioether (sulfide) groups is 1. The number of rotatable bonds is 0. The van der Waals surface area contributed by atoms with Crippen LogP contribution in [0.1, 0.15) is 20.8 Å². The zero-order valence-corrected chi connectivity index (χ0v) is 6.71. The molecule has 1 unspecified atom stereocenters. The molecular weight excluding hydrogens is 134 g/mol. The Hall–Kier alpha value is -0.180. The maximum Gasteiger partial charge on any atom is 0.233 e. The molecule has 1 saturated heterocycles. The van der Waals surface area contributed by atoms with E-state index in [1.165, 1.54) is 0 Å². The van der Waals surface area contributed by atoms with E-state index in [4.69, 9.17) is 0 Å². The van der Waals surface area contributed by atoms with Crippen LogP contribution in [0.25, 0.3) is 0 Å². The molecule has 0 radical (unpaired) electrons. The predicted octanol–water partition coefficient (Wildman–Crippen LogP) is 0.974. The van der Waals surface area contributed by atoms with Crippen LogP contribution in [-0.2, 0) is 4.79 Å². The molecule has 2 nitrogen and oxygen atoms in total. The van der Waals surface area contributed by atoms with Gasteiger partial charge in [-0.1, -0.05) is 0 Å². The topological polar surface area (TPSA) is 29.1 Å². The lowest BCUT2D eigenvalue weighted by Gasteiger charge is -2.14. The van der Waals surface area contributed by atoms with E-state index in [0.29, 0.717) is 0 Å². The summed E-state index contributed by atoms with van der Waals surface area (Å²) in [6.07, 6.45) is 0. The van der Waals surface area contributed by atoms with Crippen LogP contribution in [0.3, 0.4) is 0 Å². The fraction of sp³-hybridized carbons (Fsp3) is 0.833. The highest BCUT2D eigenvalue weighted by molar-refractivity contribution is 8.02. The second-order valence-corrected chi connectivity index (χ2v) is 4.72. The minimum Gasteiger partial charge on any atom is -0.341 e. The van der Waals surface area contributed by atoms with Crippen molar-refractivity contribution in [2.45, 2.75) is 30.9 Å². The second-order valence-electron chi connectivity index (χ2n) is 2.76. The van der Waals surface area contributed by atoms with E-state index in [1.54, 1.807) is 11.8 Å². The molecule has 0 aliphatic carbocycles. The van der Waals surface area contributed by atoms with Gasteiger partial charge < -0.3 is 5.32 Å². The molecule has 1 amide bonds. The Labute approximate surface area is 59.4 Å². The lowest BCUT2D eigenvalue weighted by atomic mass is 10.3. The number of carbonyl (C=O) groups is 1. The van der Waals surface area contributed by atoms with Crippen molar-refractivity contribution < 1.29 is 4.79 Å². The third-order valence-corrected chi connectivity index (χ3v) is 2.52. The summed E-state index contributed by atoms with van der Waals surface area (Å²) in [5.41, 5.74) is 0. The van der Waals surface area contributed by atoms with Gasteiger partial charge in [0.25, 0.3) is 0 Å². The molecule has 1 fully saturated rings. The second kappa shape index (κ2) is 1.90. The molecular formula is C6H11NOS. The summed E-state index contributed by atoms with van der Waals surface area (Å²) in [5, 5.41) is 2.99. The third kappa shape index (κ3) is 1.39. The molecule has 1 heterocycles. The molecule has 1 rings (SSSR count). The van der Waals surface area contributed by atoms with Crippen molar-refractivity contribution in [3.63, 3.8) is 0 Å². The molecule has 0 bridgehead atoms. The first-order chi connectivity index (χ1) is 4.01. The molecule has 3 heteroatoms. The van der Waals surface area contributed by atoms with Gasteiger partial charge >= 0.3 is 0 Å². The van der Waals surface area contributed by atoms with Gasteiger partial charge in [-0.05, 0) is 20.8 Å². The highest BCUT2D eigenvalue weighted by Gasteiger charge is 2.34. The van der Waals surface area contributed by atoms with Gasteiger partial charge in [-0.3, -0.25) is 4.79 Å². The van der Waals surface area contributed by atoms with Gasteiger partial charge in [0, 0.05) is 0 Å². The first-order valence-electron chi connectivity index (χ1n) is 3.01. The maximum absolute atomic E-state index is 10.9. The predicted molar refractivity (Wildman–Crippen MR) is 39.3 cm³/mol. The fourth-order valence-electron chi connectivity index (χ4n) is 0.923. The number of hydrogen-bond donors (Lipinski definition) is 1. The Morgan fingerprint density at radius 3 is 2.33 bits per heavy atom. The van der Waals surface area contributed by atoms with Crippen LogP contribution >= 0.6 is 11.8 Å². The number of amides is 1. The molecule has 1 aliphatic heterocycles. The van der Waals surface area contributed by atoms with Crippen LogP contribution in [0.4, 0.5) is 0 Å². The van der Waals surface area contributed by atoms with Crippen LogP contribution in [-0.4, -0.2) is 16.0 Å². The Kier molecular flexibility index (Phi) is 1.47. The number of carbonyl (C=O) groups excluding carboxylic acids is 1. The molecule has 0 spiro atoms. The Morgan fingerprint density at radius 2 is 2.22 bits per heavy atom. The van der Waals surface area contributed by atoms with Crippen molar-refractivity contribution in [2.75, 3.05) is 0 Å². The summed E-state index contributed by atoms with van der Waals surface area (Å²) in [6.45, 7) is 5.95. The van der Waals surface area contributed by atoms with Crippen molar-refractivity contribution >= 4 is 17.7 Å². The Bertz CT molecular complexity index is 144. The Morgan fingerprint density at radius 1 is 1.67 bits per heavy atom. The highest BCUT2D eigenvalue weighted by Crippen LogP contribution is 2.31. The average molecular weight is 145 g/mol. The number of nitrogens with one attached hydrogen (secondary N) is 1. The lowest BCUT2D eigenvalue weighted by Crippen LogP contribution is -2.33. The van der Waals surface area contributed by atoms with E-state index in [-0.39, 0.29) is 16.0 Å². The Balaban J connectivity index is 2.65. The van der Waals surface area contributed by atoms with Gasteiger partial charge in [0.1, 0.15) is 0 Å². The van der Waals surface area contributed by atoms with E-state index in [9.17, 15) is 4.79 Å². The molecule has 0 aromatic heterocycles. The van der Waals surface area contributed by atoms with Crippen molar-refractivity contribution in [1.82, 2.24) is 5.32 Å². The summed E-state index contributed by atoms with van der Waals surface area (Å²) in [5.74, 6) is 0.157. The first kappa shape index (κ1) is 6.93. The summed E-state index contributed by atoms with van der Waals surface area (Å²) in [4.78, 5) is 10.8. The number of hydrogen-bond acceptors (Lipinski definition) is 2. The highest BCUT2D eigenvalue weighted by atomic mass is 32.2. The van der Waals surface area contributed by atoms with Crippen molar-refractivity contribution in [3.8, 4) is 0 Å². The van der Waals surface area contributed by atoms with Crippen LogP contribution in [0.5, 0.6) is 0 Å². The normalized spacial score (nSPS) is 32.3. The van der Waals surface area contributed by atoms with Gasteiger partial charge in [-0.15, -0.1) is 11.8 Å². The molecule has 1 aliphatic rings. The minimum absolute atomic E-state index is 0.0451. The molecule has 9 heavy (non-hydrogen) atoms. The van der Waals surface area contributed by atoms with Crippen molar-refractivity contribution in [3.05, 3.63) is 0 Å². The third-order valence-electron chi connectivity index (χ3n) is 1.26. The molecule has 1 atom stereocenters. The van der Waals surface area contributed by atoms with Crippen molar-refractivity contribution in [2.24, 2.45) is 0 Å². The van der Waals surface area contributed by atoms with Crippen molar-refractivity contribution in [1.29, 1.82) is 0 Å². The average Bonchev–Trinajstić information content (AvgIpc) is 1.79. The van der Waals surface area contributed by atoms with E-state index >= 15 is 0 Å².